The average molecular weight is 368 g/mol. The van der Waals surface area contributed by atoms with Gasteiger partial charge in [-0.25, -0.2) is 0 Å². The molecule has 0 atom stereocenters. The molecule has 2 aromatic carbocycles. The molecule has 0 aliphatic carbocycles. The SMILES string of the molecule is CN(CCNC(=O)CCC(=O)c1ccc2c(c1)OCCO2)c1ccccc1. The molecule has 142 valence electrons. The van der Waals surface area contributed by atoms with Gasteiger partial charge in [0.1, 0.15) is 13.2 Å². The van der Waals surface area contributed by atoms with Crippen molar-refractivity contribution in [2.24, 2.45) is 0 Å². The normalized spacial score (nSPS) is 12.3. The van der Waals surface area contributed by atoms with E-state index in [1.54, 1.807) is 18.2 Å². The van der Waals surface area contributed by atoms with Gasteiger partial charge in [-0.05, 0) is 30.3 Å². The number of hydrogen-bond acceptors (Lipinski definition) is 5. The van der Waals surface area contributed by atoms with Crippen molar-refractivity contribution in [2.75, 3.05) is 38.3 Å². The number of ketones is 1. The Labute approximate surface area is 159 Å². The summed E-state index contributed by atoms with van der Waals surface area (Å²) < 4.78 is 10.9. The summed E-state index contributed by atoms with van der Waals surface area (Å²) in [5.41, 5.74) is 1.64. The summed E-state index contributed by atoms with van der Waals surface area (Å²) in [6.45, 7) is 2.22. The number of carbonyl (C=O) groups excluding carboxylic acids is 2. The quantitative estimate of drug-likeness (QED) is 0.726. The highest BCUT2D eigenvalue weighted by Crippen LogP contribution is 2.31. The van der Waals surface area contributed by atoms with Gasteiger partial charge in [0, 0.05) is 44.2 Å². The Balaban J connectivity index is 1.40. The molecule has 0 aromatic heterocycles. The molecule has 6 nitrogen and oxygen atoms in total. The molecule has 0 saturated carbocycles. The van der Waals surface area contributed by atoms with Crippen LogP contribution in [0.3, 0.4) is 0 Å². The Morgan fingerprint density at radius 1 is 1.00 bits per heavy atom. The van der Waals surface area contributed by atoms with Crippen molar-refractivity contribution < 1.29 is 19.1 Å². The fraction of sp³-hybridized carbons (Fsp3) is 0.333. The van der Waals surface area contributed by atoms with Crippen LogP contribution in [0.4, 0.5) is 5.69 Å². The predicted octanol–water partition coefficient (Wildman–Crippen LogP) is 2.67. The molecular formula is C21H24N2O4. The van der Waals surface area contributed by atoms with E-state index in [1.165, 1.54) is 0 Å². The minimum absolute atomic E-state index is 0.0801. The van der Waals surface area contributed by atoms with Gasteiger partial charge in [0.15, 0.2) is 17.3 Å². The first-order chi connectivity index (χ1) is 13.1. The first-order valence-electron chi connectivity index (χ1n) is 9.09. The summed E-state index contributed by atoms with van der Waals surface area (Å²) in [5, 5.41) is 2.86. The van der Waals surface area contributed by atoms with E-state index in [9.17, 15) is 9.59 Å². The van der Waals surface area contributed by atoms with Gasteiger partial charge >= 0.3 is 0 Å². The molecule has 0 unspecified atom stereocenters. The Kier molecular flexibility index (Phi) is 6.30. The van der Waals surface area contributed by atoms with E-state index >= 15 is 0 Å². The maximum absolute atomic E-state index is 12.3. The number of carbonyl (C=O) groups is 2. The van der Waals surface area contributed by atoms with Crippen molar-refractivity contribution in [3.63, 3.8) is 0 Å². The van der Waals surface area contributed by atoms with Crippen LogP contribution in [0.5, 0.6) is 11.5 Å². The van der Waals surface area contributed by atoms with Crippen molar-refractivity contribution in [3.05, 3.63) is 54.1 Å². The summed E-state index contributed by atoms with van der Waals surface area (Å²) >= 11 is 0. The molecule has 6 heteroatoms. The lowest BCUT2D eigenvalue weighted by atomic mass is 10.1. The average Bonchev–Trinajstić information content (AvgIpc) is 2.72. The second-order valence-corrected chi connectivity index (χ2v) is 6.39. The summed E-state index contributed by atoms with van der Waals surface area (Å²) in [4.78, 5) is 26.4. The van der Waals surface area contributed by atoms with Gasteiger partial charge in [0.25, 0.3) is 0 Å². The molecule has 1 aliphatic heterocycles. The minimum atomic E-state index is -0.123. The molecule has 0 radical (unpaired) electrons. The van der Waals surface area contributed by atoms with Gasteiger partial charge in [-0.1, -0.05) is 18.2 Å². The van der Waals surface area contributed by atoms with Gasteiger partial charge < -0.3 is 19.7 Å². The van der Waals surface area contributed by atoms with Crippen LogP contribution in [0.15, 0.2) is 48.5 Å². The van der Waals surface area contributed by atoms with E-state index in [2.05, 4.69) is 10.2 Å². The highest BCUT2D eigenvalue weighted by Gasteiger charge is 2.15. The zero-order valence-electron chi connectivity index (χ0n) is 15.4. The van der Waals surface area contributed by atoms with Crippen LogP contribution in [0.1, 0.15) is 23.2 Å². The van der Waals surface area contributed by atoms with Crippen LogP contribution in [0.25, 0.3) is 0 Å². The number of nitrogens with zero attached hydrogens (tertiary/aromatic N) is 1. The highest BCUT2D eigenvalue weighted by molar-refractivity contribution is 5.98. The third-order valence-corrected chi connectivity index (χ3v) is 4.41. The number of nitrogens with one attached hydrogen (secondary N) is 1. The number of Topliss-reactive ketones (excluding diaryl/α,β-unsaturated/α-hetero) is 1. The number of para-hydroxylation sites is 1. The molecule has 0 spiro atoms. The Morgan fingerprint density at radius 3 is 2.52 bits per heavy atom. The number of rotatable bonds is 8. The molecule has 1 heterocycles. The predicted molar refractivity (Wildman–Crippen MR) is 104 cm³/mol. The second-order valence-electron chi connectivity index (χ2n) is 6.39. The summed E-state index contributed by atoms with van der Waals surface area (Å²) in [5.74, 6) is 1.03. The van der Waals surface area contributed by atoms with Crippen molar-refractivity contribution >= 4 is 17.4 Å². The molecule has 0 bridgehead atoms. The Hall–Kier alpha value is -3.02. The van der Waals surface area contributed by atoms with Crippen LogP contribution < -0.4 is 19.7 Å². The number of amides is 1. The van der Waals surface area contributed by atoms with Gasteiger partial charge in [-0.15, -0.1) is 0 Å². The van der Waals surface area contributed by atoms with Crippen LogP contribution in [-0.4, -0.2) is 45.0 Å². The lowest BCUT2D eigenvalue weighted by Gasteiger charge is -2.19. The topological polar surface area (TPSA) is 67.9 Å². The van der Waals surface area contributed by atoms with Crippen molar-refractivity contribution in [1.29, 1.82) is 0 Å². The summed E-state index contributed by atoms with van der Waals surface area (Å²) in [6, 6.07) is 15.1. The number of fused-ring (bicyclic) bond motifs is 1. The van der Waals surface area contributed by atoms with E-state index in [1.807, 2.05) is 37.4 Å². The lowest BCUT2D eigenvalue weighted by molar-refractivity contribution is -0.121. The molecule has 2 aromatic rings. The number of benzene rings is 2. The first kappa shape index (κ1) is 18.8. The van der Waals surface area contributed by atoms with E-state index in [-0.39, 0.29) is 24.5 Å². The highest BCUT2D eigenvalue weighted by atomic mass is 16.6. The molecule has 1 amide bonds. The van der Waals surface area contributed by atoms with Gasteiger partial charge in [-0.3, -0.25) is 9.59 Å². The largest absolute Gasteiger partial charge is 0.486 e. The smallest absolute Gasteiger partial charge is 0.220 e. The third-order valence-electron chi connectivity index (χ3n) is 4.41. The third kappa shape index (κ3) is 5.23. The minimum Gasteiger partial charge on any atom is -0.486 e. The monoisotopic (exact) mass is 368 g/mol. The maximum atomic E-state index is 12.3. The van der Waals surface area contributed by atoms with E-state index in [0.717, 1.165) is 5.69 Å². The zero-order valence-corrected chi connectivity index (χ0v) is 15.4. The van der Waals surface area contributed by atoms with Crippen molar-refractivity contribution in [2.45, 2.75) is 12.8 Å². The maximum Gasteiger partial charge on any atom is 0.220 e. The van der Waals surface area contributed by atoms with E-state index in [4.69, 9.17) is 9.47 Å². The summed E-state index contributed by atoms with van der Waals surface area (Å²) in [6.07, 6.45) is 0.336. The standard InChI is InChI=1S/C21H24N2O4/c1-23(17-5-3-2-4-6-17)12-11-22-21(25)10-8-18(24)16-7-9-19-20(15-16)27-14-13-26-19/h2-7,9,15H,8,10-14H2,1H3,(H,22,25). The molecule has 0 fully saturated rings. The number of ether oxygens (including phenoxy) is 2. The molecular weight excluding hydrogens is 344 g/mol. The van der Waals surface area contributed by atoms with Crippen LogP contribution in [-0.2, 0) is 4.79 Å². The van der Waals surface area contributed by atoms with Crippen LogP contribution in [0.2, 0.25) is 0 Å². The number of anilines is 1. The fourth-order valence-electron chi connectivity index (χ4n) is 2.85. The van der Waals surface area contributed by atoms with E-state index in [0.29, 0.717) is 43.4 Å². The lowest BCUT2D eigenvalue weighted by Crippen LogP contribution is -2.33. The van der Waals surface area contributed by atoms with Gasteiger partial charge in [0.2, 0.25) is 5.91 Å². The molecule has 1 aliphatic rings. The van der Waals surface area contributed by atoms with Crippen molar-refractivity contribution in [1.82, 2.24) is 5.32 Å². The van der Waals surface area contributed by atoms with Crippen molar-refractivity contribution in [3.8, 4) is 11.5 Å². The number of hydrogen-bond donors (Lipinski definition) is 1. The van der Waals surface area contributed by atoms with Gasteiger partial charge in [0.05, 0.1) is 0 Å². The van der Waals surface area contributed by atoms with Gasteiger partial charge in [-0.2, -0.15) is 0 Å². The molecule has 0 saturated heterocycles. The van der Waals surface area contributed by atoms with E-state index < -0.39 is 0 Å². The summed E-state index contributed by atoms with van der Waals surface area (Å²) in [7, 11) is 1.98. The van der Waals surface area contributed by atoms with Crippen LogP contribution >= 0.6 is 0 Å². The Bertz CT molecular complexity index is 792. The molecule has 27 heavy (non-hydrogen) atoms. The number of likely N-dealkylation sites (N-methyl/N-ethyl adjacent to an activating group) is 1. The zero-order chi connectivity index (χ0) is 19.1. The second kappa shape index (κ2) is 9.07. The molecule has 3 rings (SSSR count). The Morgan fingerprint density at radius 2 is 1.74 bits per heavy atom. The first-order valence-corrected chi connectivity index (χ1v) is 9.09. The fourth-order valence-corrected chi connectivity index (χ4v) is 2.85. The molecule has 1 N–H and O–H groups in total. The van der Waals surface area contributed by atoms with Crippen LogP contribution in [0, 0.1) is 0 Å².